The van der Waals surface area contributed by atoms with Gasteiger partial charge >= 0.3 is 0 Å². The van der Waals surface area contributed by atoms with Gasteiger partial charge in [-0.25, -0.2) is 17.8 Å². The molecular weight excluding hydrogens is 303 g/mol. The number of nitro benzene ring substituents is 1. The summed E-state index contributed by atoms with van der Waals surface area (Å²) in [6.45, 7) is 1.04. The monoisotopic (exact) mass is 318 g/mol. The summed E-state index contributed by atoms with van der Waals surface area (Å²) in [5.74, 6) is -1.24. The SMILES string of the molecule is Nc1cc([N+](=O)[O-])cc(F)c1S(=O)(=O)NN1CCCCC1. The number of nitrogens with zero attached hydrogens (tertiary/aromatic N) is 2. The number of nitro groups is 1. The highest BCUT2D eigenvalue weighted by Crippen LogP contribution is 2.27. The Hall–Kier alpha value is -1.78. The van der Waals surface area contributed by atoms with Gasteiger partial charge in [-0.3, -0.25) is 10.1 Å². The van der Waals surface area contributed by atoms with E-state index in [-0.39, 0.29) is 0 Å². The zero-order valence-electron chi connectivity index (χ0n) is 11.1. The van der Waals surface area contributed by atoms with Gasteiger partial charge in [0.25, 0.3) is 15.7 Å². The van der Waals surface area contributed by atoms with Gasteiger partial charge in [-0.15, -0.1) is 4.83 Å². The quantitative estimate of drug-likeness (QED) is 0.485. The molecule has 10 heteroatoms. The minimum Gasteiger partial charge on any atom is -0.397 e. The first kappa shape index (κ1) is 15.6. The van der Waals surface area contributed by atoms with Crippen LogP contribution in [0.15, 0.2) is 17.0 Å². The van der Waals surface area contributed by atoms with Crippen molar-refractivity contribution in [2.45, 2.75) is 24.2 Å². The van der Waals surface area contributed by atoms with Crippen molar-refractivity contribution in [1.29, 1.82) is 0 Å². The molecule has 1 saturated heterocycles. The first-order chi connectivity index (χ1) is 9.81. The van der Waals surface area contributed by atoms with E-state index in [0.717, 1.165) is 25.3 Å². The predicted octanol–water partition coefficient (Wildman–Crippen LogP) is 0.995. The number of hydrazine groups is 1. The van der Waals surface area contributed by atoms with E-state index in [1.165, 1.54) is 5.01 Å². The Morgan fingerprint density at radius 1 is 1.29 bits per heavy atom. The lowest BCUT2D eigenvalue weighted by Gasteiger charge is -2.26. The number of non-ortho nitro benzene ring substituents is 1. The smallest absolute Gasteiger partial charge is 0.274 e. The van der Waals surface area contributed by atoms with Crippen LogP contribution >= 0.6 is 0 Å². The van der Waals surface area contributed by atoms with Gasteiger partial charge in [-0.1, -0.05) is 6.42 Å². The summed E-state index contributed by atoms with van der Waals surface area (Å²) in [5, 5.41) is 12.1. The number of nitrogen functional groups attached to an aromatic ring is 1. The number of anilines is 1. The van der Waals surface area contributed by atoms with Crippen molar-refractivity contribution in [3.05, 3.63) is 28.1 Å². The Balaban J connectivity index is 2.33. The number of nitrogens with one attached hydrogen (secondary N) is 1. The van der Waals surface area contributed by atoms with Gasteiger partial charge in [0.15, 0.2) is 5.82 Å². The fourth-order valence-corrected chi connectivity index (χ4v) is 3.49. The number of piperidine rings is 1. The Labute approximate surface area is 120 Å². The van der Waals surface area contributed by atoms with Crippen LogP contribution in [-0.4, -0.2) is 31.4 Å². The van der Waals surface area contributed by atoms with Crippen LogP contribution in [0, 0.1) is 15.9 Å². The van der Waals surface area contributed by atoms with Crippen molar-refractivity contribution in [2.75, 3.05) is 18.8 Å². The molecule has 1 aliphatic heterocycles. The summed E-state index contributed by atoms with van der Waals surface area (Å²) in [4.78, 5) is 11.2. The maximum absolute atomic E-state index is 13.9. The molecule has 0 aliphatic carbocycles. The summed E-state index contributed by atoms with van der Waals surface area (Å²) in [5.41, 5.74) is 4.38. The fourth-order valence-electron chi connectivity index (χ4n) is 2.19. The number of rotatable bonds is 4. The van der Waals surface area contributed by atoms with Crippen molar-refractivity contribution in [3.8, 4) is 0 Å². The van der Waals surface area contributed by atoms with E-state index in [0.29, 0.717) is 19.2 Å². The molecule has 0 bridgehead atoms. The van der Waals surface area contributed by atoms with Crippen LogP contribution in [0.25, 0.3) is 0 Å². The van der Waals surface area contributed by atoms with E-state index in [2.05, 4.69) is 4.83 Å². The van der Waals surface area contributed by atoms with Crippen molar-refractivity contribution < 1.29 is 17.7 Å². The van der Waals surface area contributed by atoms with Crippen LogP contribution in [0.5, 0.6) is 0 Å². The summed E-state index contributed by atoms with van der Waals surface area (Å²) in [6, 6.07) is 1.37. The summed E-state index contributed by atoms with van der Waals surface area (Å²) < 4.78 is 38.3. The van der Waals surface area contributed by atoms with Crippen LogP contribution < -0.4 is 10.6 Å². The van der Waals surface area contributed by atoms with Crippen molar-refractivity contribution in [3.63, 3.8) is 0 Å². The summed E-state index contributed by atoms with van der Waals surface area (Å²) in [7, 11) is -4.21. The zero-order chi connectivity index (χ0) is 15.6. The first-order valence-corrected chi connectivity index (χ1v) is 7.80. The lowest BCUT2D eigenvalue weighted by Crippen LogP contribution is -2.45. The summed E-state index contributed by atoms with van der Waals surface area (Å²) in [6.07, 6.45) is 2.67. The molecule has 0 amide bonds. The van der Waals surface area contributed by atoms with Crippen molar-refractivity contribution >= 4 is 21.4 Å². The third kappa shape index (κ3) is 3.46. The molecule has 2 rings (SSSR count). The van der Waals surface area contributed by atoms with Gasteiger partial charge in [0, 0.05) is 19.2 Å². The fraction of sp³-hybridized carbons (Fsp3) is 0.455. The molecule has 1 fully saturated rings. The Bertz CT molecular complexity index is 635. The van der Waals surface area contributed by atoms with Gasteiger partial charge in [0.05, 0.1) is 16.7 Å². The maximum Gasteiger partial charge on any atom is 0.274 e. The number of hydrogen-bond donors (Lipinski definition) is 2. The van der Waals surface area contributed by atoms with E-state index >= 15 is 0 Å². The second kappa shape index (κ2) is 5.92. The normalized spacial score (nSPS) is 16.8. The molecule has 8 nitrogen and oxygen atoms in total. The zero-order valence-corrected chi connectivity index (χ0v) is 11.9. The van der Waals surface area contributed by atoms with E-state index < -0.39 is 37.0 Å². The topological polar surface area (TPSA) is 119 Å². The molecule has 1 aromatic rings. The number of halogens is 1. The van der Waals surface area contributed by atoms with Gasteiger partial charge in [-0.2, -0.15) is 0 Å². The molecule has 116 valence electrons. The average molecular weight is 318 g/mol. The van der Waals surface area contributed by atoms with E-state index in [1.807, 2.05) is 0 Å². The first-order valence-electron chi connectivity index (χ1n) is 6.32. The molecule has 1 aliphatic rings. The van der Waals surface area contributed by atoms with Crippen molar-refractivity contribution in [2.24, 2.45) is 0 Å². The van der Waals surface area contributed by atoms with Gasteiger partial charge in [-0.05, 0) is 12.8 Å². The number of sulfonamides is 1. The molecule has 0 aromatic heterocycles. The molecule has 0 saturated carbocycles. The minimum atomic E-state index is -4.21. The van der Waals surface area contributed by atoms with E-state index in [4.69, 9.17) is 5.73 Å². The van der Waals surface area contributed by atoms with Crippen LogP contribution in [-0.2, 0) is 10.0 Å². The lowest BCUT2D eigenvalue weighted by atomic mass is 10.2. The summed E-state index contributed by atoms with van der Waals surface area (Å²) >= 11 is 0. The molecule has 0 atom stereocenters. The Kier molecular flexibility index (Phi) is 4.40. The number of hydrogen-bond acceptors (Lipinski definition) is 6. The van der Waals surface area contributed by atoms with Crippen molar-refractivity contribution in [1.82, 2.24) is 9.84 Å². The van der Waals surface area contributed by atoms with Gasteiger partial charge in [0.1, 0.15) is 4.90 Å². The Morgan fingerprint density at radius 2 is 1.90 bits per heavy atom. The molecule has 0 spiro atoms. The molecule has 0 radical (unpaired) electrons. The Morgan fingerprint density at radius 3 is 2.43 bits per heavy atom. The van der Waals surface area contributed by atoms with E-state index in [1.54, 1.807) is 0 Å². The standard InChI is InChI=1S/C11H15FN4O4S/c12-9-6-8(16(17)18)7-10(13)11(9)21(19,20)14-15-4-2-1-3-5-15/h6-7,14H,1-5,13H2. The molecule has 3 N–H and O–H groups in total. The molecule has 21 heavy (non-hydrogen) atoms. The number of benzene rings is 1. The molecule has 1 heterocycles. The van der Waals surface area contributed by atoms with Crippen LogP contribution in [0.1, 0.15) is 19.3 Å². The largest absolute Gasteiger partial charge is 0.397 e. The molecule has 0 unspecified atom stereocenters. The number of nitrogens with two attached hydrogens (primary N) is 1. The third-order valence-electron chi connectivity index (χ3n) is 3.14. The highest BCUT2D eigenvalue weighted by molar-refractivity contribution is 7.89. The molecular formula is C11H15FN4O4S. The van der Waals surface area contributed by atoms with Crippen LogP contribution in [0.4, 0.5) is 15.8 Å². The van der Waals surface area contributed by atoms with Crippen LogP contribution in [0.2, 0.25) is 0 Å². The maximum atomic E-state index is 13.9. The van der Waals surface area contributed by atoms with Crippen LogP contribution in [0.3, 0.4) is 0 Å². The van der Waals surface area contributed by atoms with E-state index in [9.17, 15) is 22.9 Å². The van der Waals surface area contributed by atoms with Gasteiger partial charge in [0.2, 0.25) is 0 Å². The molecule has 1 aromatic carbocycles. The predicted molar refractivity (Wildman–Crippen MR) is 73.2 cm³/mol. The third-order valence-corrected chi connectivity index (χ3v) is 4.61. The highest BCUT2D eigenvalue weighted by atomic mass is 32.2. The second-order valence-electron chi connectivity index (χ2n) is 4.75. The average Bonchev–Trinajstić information content (AvgIpc) is 2.37. The highest BCUT2D eigenvalue weighted by Gasteiger charge is 2.28. The van der Waals surface area contributed by atoms with Gasteiger partial charge < -0.3 is 5.73 Å². The second-order valence-corrected chi connectivity index (χ2v) is 6.34. The lowest BCUT2D eigenvalue weighted by molar-refractivity contribution is -0.385. The minimum absolute atomic E-state index is 0.494.